The Hall–Kier alpha value is -3.42. The molecule has 1 saturated heterocycles. The summed E-state index contributed by atoms with van der Waals surface area (Å²) in [5, 5.41) is 13.5. The molecule has 3 rings (SSSR count). The number of benzene rings is 2. The molecular formula is C20H22N4O4. The molecular weight excluding hydrogens is 360 g/mol. The van der Waals surface area contributed by atoms with E-state index in [0.717, 1.165) is 18.8 Å². The minimum absolute atomic E-state index is 0.155. The minimum Gasteiger partial charge on any atom is -0.368 e. The van der Waals surface area contributed by atoms with Gasteiger partial charge < -0.3 is 15.1 Å². The number of hydrogen-bond donors (Lipinski definition) is 1. The molecule has 0 radical (unpaired) electrons. The first-order valence-electron chi connectivity index (χ1n) is 9.10. The Balaban J connectivity index is 1.55. The van der Waals surface area contributed by atoms with Crippen LogP contribution in [0, 0.1) is 10.1 Å². The number of hydrogen-bond acceptors (Lipinski definition) is 5. The van der Waals surface area contributed by atoms with E-state index >= 15 is 0 Å². The van der Waals surface area contributed by atoms with Crippen LogP contribution in [0.15, 0.2) is 54.6 Å². The van der Waals surface area contributed by atoms with Gasteiger partial charge in [-0.05, 0) is 25.1 Å². The van der Waals surface area contributed by atoms with Gasteiger partial charge in [0, 0.05) is 49.6 Å². The Morgan fingerprint density at radius 2 is 1.71 bits per heavy atom. The smallest absolute Gasteiger partial charge is 0.270 e. The minimum atomic E-state index is -0.713. The zero-order valence-electron chi connectivity index (χ0n) is 15.6. The highest BCUT2D eigenvalue weighted by Gasteiger charge is 2.26. The van der Waals surface area contributed by atoms with Gasteiger partial charge in [-0.3, -0.25) is 19.7 Å². The van der Waals surface area contributed by atoms with Crippen molar-refractivity contribution in [2.75, 3.05) is 31.1 Å². The summed E-state index contributed by atoms with van der Waals surface area (Å²) >= 11 is 0. The van der Waals surface area contributed by atoms with Gasteiger partial charge in [0.25, 0.3) is 11.6 Å². The maximum absolute atomic E-state index is 12.7. The molecule has 2 aromatic rings. The van der Waals surface area contributed by atoms with Crippen molar-refractivity contribution in [3.63, 3.8) is 0 Å². The lowest BCUT2D eigenvalue weighted by Crippen LogP contribution is -2.54. The molecule has 1 unspecified atom stereocenters. The van der Waals surface area contributed by atoms with E-state index in [1.54, 1.807) is 11.8 Å². The number of carbonyl (C=O) groups is 2. The van der Waals surface area contributed by atoms with Crippen LogP contribution < -0.4 is 10.2 Å². The SMILES string of the molecule is CC(NC(=O)c1cccc([N+](=O)[O-])c1)C(=O)N1CCN(c2ccccc2)CC1. The summed E-state index contributed by atoms with van der Waals surface area (Å²) in [7, 11) is 0. The highest BCUT2D eigenvalue weighted by molar-refractivity contribution is 5.97. The van der Waals surface area contributed by atoms with Crippen LogP contribution in [0.5, 0.6) is 0 Å². The number of nitrogens with one attached hydrogen (secondary N) is 1. The third-order valence-electron chi connectivity index (χ3n) is 4.75. The molecule has 1 atom stereocenters. The average molecular weight is 382 g/mol. The van der Waals surface area contributed by atoms with E-state index in [0.29, 0.717) is 13.1 Å². The van der Waals surface area contributed by atoms with Gasteiger partial charge in [0.2, 0.25) is 5.91 Å². The molecule has 146 valence electrons. The number of carbonyl (C=O) groups excluding carboxylic acids is 2. The Bertz CT molecular complexity index is 864. The van der Waals surface area contributed by atoms with E-state index in [1.165, 1.54) is 24.3 Å². The van der Waals surface area contributed by atoms with Gasteiger partial charge in [-0.25, -0.2) is 0 Å². The molecule has 8 nitrogen and oxygen atoms in total. The van der Waals surface area contributed by atoms with Crippen LogP contribution in [0.25, 0.3) is 0 Å². The molecule has 0 aromatic heterocycles. The molecule has 1 heterocycles. The van der Waals surface area contributed by atoms with Crippen LogP contribution in [0.2, 0.25) is 0 Å². The van der Waals surface area contributed by atoms with Gasteiger partial charge >= 0.3 is 0 Å². The molecule has 0 aliphatic carbocycles. The lowest BCUT2D eigenvalue weighted by atomic mass is 10.1. The standard InChI is InChI=1S/C20H22N4O4/c1-15(21-19(25)16-6-5-9-18(14-16)24(27)28)20(26)23-12-10-22(11-13-23)17-7-3-2-4-8-17/h2-9,14-15H,10-13H2,1H3,(H,21,25). The quantitative estimate of drug-likeness (QED) is 0.631. The molecule has 8 heteroatoms. The van der Waals surface area contributed by atoms with E-state index in [1.807, 2.05) is 30.3 Å². The Morgan fingerprint density at radius 1 is 1.04 bits per heavy atom. The van der Waals surface area contributed by atoms with E-state index in [2.05, 4.69) is 10.2 Å². The van der Waals surface area contributed by atoms with Crippen LogP contribution in [0.1, 0.15) is 17.3 Å². The van der Waals surface area contributed by atoms with Crippen LogP contribution in [-0.2, 0) is 4.79 Å². The first-order chi connectivity index (χ1) is 13.5. The lowest BCUT2D eigenvalue weighted by molar-refractivity contribution is -0.384. The van der Waals surface area contributed by atoms with E-state index < -0.39 is 16.9 Å². The molecule has 2 aromatic carbocycles. The van der Waals surface area contributed by atoms with Gasteiger partial charge in [-0.1, -0.05) is 24.3 Å². The van der Waals surface area contributed by atoms with Crippen molar-refractivity contribution in [2.45, 2.75) is 13.0 Å². The maximum Gasteiger partial charge on any atom is 0.270 e. The second-order valence-electron chi connectivity index (χ2n) is 6.65. The number of nitro groups is 1. The van der Waals surface area contributed by atoms with Gasteiger partial charge in [-0.15, -0.1) is 0 Å². The van der Waals surface area contributed by atoms with Crippen LogP contribution in [-0.4, -0.2) is 53.9 Å². The predicted molar refractivity (Wildman–Crippen MR) is 105 cm³/mol. The number of non-ortho nitro benzene ring substituents is 1. The number of anilines is 1. The summed E-state index contributed by atoms with van der Waals surface area (Å²) in [5.74, 6) is -0.668. The normalized spacial score (nSPS) is 15.0. The van der Waals surface area contributed by atoms with Crippen molar-refractivity contribution in [3.8, 4) is 0 Å². The Morgan fingerprint density at radius 3 is 2.36 bits per heavy atom. The number of rotatable bonds is 5. The summed E-state index contributed by atoms with van der Waals surface area (Å²) in [4.78, 5) is 39.3. The van der Waals surface area contributed by atoms with Crippen molar-refractivity contribution < 1.29 is 14.5 Å². The molecule has 1 aliphatic heterocycles. The highest BCUT2D eigenvalue weighted by Crippen LogP contribution is 2.16. The number of nitro benzene ring substituents is 1. The van der Waals surface area contributed by atoms with E-state index in [-0.39, 0.29) is 17.2 Å². The molecule has 0 saturated carbocycles. The summed E-state index contributed by atoms with van der Waals surface area (Å²) in [6, 6.07) is 14.8. The van der Waals surface area contributed by atoms with Gasteiger partial charge in [0.15, 0.2) is 0 Å². The Kier molecular flexibility index (Phi) is 5.88. The average Bonchev–Trinajstić information content (AvgIpc) is 2.74. The number of nitrogens with zero attached hydrogens (tertiary/aromatic N) is 3. The fraction of sp³-hybridized carbons (Fsp3) is 0.300. The zero-order chi connectivity index (χ0) is 20.1. The topological polar surface area (TPSA) is 95.8 Å². The van der Waals surface area contributed by atoms with Crippen molar-refractivity contribution in [1.29, 1.82) is 0 Å². The van der Waals surface area contributed by atoms with Crippen molar-refractivity contribution in [3.05, 3.63) is 70.3 Å². The second kappa shape index (κ2) is 8.51. The van der Waals surface area contributed by atoms with Crippen LogP contribution >= 0.6 is 0 Å². The van der Waals surface area contributed by atoms with Gasteiger partial charge in [-0.2, -0.15) is 0 Å². The Labute approximate surface area is 162 Å². The maximum atomic E-state index is 12.7. The highest BCUT2D eigenvalue weighted by atomic mass is 16.6. The van der Waals surface area contributed by atoms with Gasteiger partial charge in [0.1, 0.15) is 6.04 Å². The lowest BCUT2D eigenvalue weighted by Gasteiger charge is -2.37. The molecule has 1 aliphatic rings. The molecule has 2 amide bonds. The summed E-state index contributed by atoms with van der Waals surface area (Å²) in [5.41, 5.74) is 1.12. The number of para-hydroxylation sites is 1. The van der Waals surface area contributed by atoms with Crippen LogP contribution in [0.3, 0.4) is 0 Å². The number of piperazine rings is 1. The first kappa shape index (κ1) is 19.3. The molecule has 28 heavy (non-hydrogen) atoms. The molecule has 1 N–H and O–H groups in total. The third kappa shape index (κ3) is 4.46. The summed E-state index contributed by atoms with van der Waals surface area (Å²) in [6.07, 6.45) is 0. The van der Waals surface area contributed by atoms with E-state index in [9.17, 15) is 19.7 Å². The predicted octanol–water partition coefficient (Wildman–Crippen LogP) is 2.06. The van der Waals surface area contributed by atoms with Crippen molar-refractivity contribution >= 4 is 23.2 Å². The molecule has 0 spiro atoms. The zero-order valence-corrected chi connectivity index (χ0v) is 15.6. The second-order valence-corrected chi connectivity index (χ2v) is 6.65. The van der Waals surface area contributed by atoms with Crippen molar-refractivity contribution in [2.24, 2.45) is 0 Å². The summed E-state index contributed by atoms with van der Waals surface area (Å²) in [6.45, 7) is 4.22. The largest absolute Gasteiger partial charge is 0.368 e. The van der Waals surface area contributed by atoms with E-state index in [4.69, 9.17) is 0 Å². The fourth-order valence-corrected chi connectivity index (χ4v) is 3.20. The monoisotopic (exact) mass is 382 g/mol. The van der Waals surface area contributed by atoms with Crippen molar-refractivity contribution in [1.82, 2.24) is 10.2 Å². The molecule has 0 bridgehead atoms. The fourth-order valence-electron chi connectivity index (χ4n) is 3.20. The molecule has 1 fully saturated rings. The van der Waals surface area contributed by atoms with Crippen LogP contribution in [0.4, 0.5) is 11.4 Å². The third-order valence-corrected chi connectivity index (χ3v) is 4.75. The number of amides is 2. The first-order valence-corrected chi connectivity index (χ1v) is 9.10. The van der Waals surface area contributed by atoms with Gasteiger partial charge in [0.05, 0.1) is 4.92 Å². The summed E-state index contributed by atoms with van der Waals surface area (Å²) < 4.78 is 0.